The number of hydrogen-bond acceptors (Lipinski definition) is 3. The van der Waals surface area contributed by atoms with Crippen molar-refractivity contribution in [1.82, 2.24) is 0 Å². The summed E-state index contributed by atoms with van der Waals surface area (Å²) in [7, 11) is 0. The van der Waals surface area contributed by atoms with E-state index in [1.54, 1.807) is 6.29 Å². The van der Waals surface area contributed by atoms with Crippen molar-refractivity contribution in [3.05, 3.63) is 0 Å². The van der Waals surface area contributed by atoms with Gasteiger partial charge < -0.3 is 4.74 Å². The van der Waals surface area contributed by atoms with Crippen LogP contribution in [0.3, 0.4) is 0 Å². The van der Waals surface area contributed by atoms with Crippen molar-refractivity contribution >= 4 is 12.3 Å². The highest BCUT2D eigenvalue weighted by Gasteiger charge is 2.01. The van der Waals surface area contributed by atoms with Gasteiger partial charge in [0.15, 0.2) is 0 Å². The Kier molecular flexibility index (Phi) is 9.59. The van der Waals surface area contributed by atoms with E-state index in [1.807, 2.05) is 0 Å². The molecule has 14 heavy (non-hydrogen) atoms. The maximum Gasteiger partial charge on any atom is 0.305 e. The van der Waals surface area contributed by atoms with Gasteiger partial charge in [-0.05, 0) is 6.42 Å². The third-order valence-corrected chi connectivity index (χ3v) is 1.95. The minimum Gasteiger partial charge on any atom is -0.465 e. The van der Waals surface area contributed by atoms with Gasteiger partial charge in [0, 0.05) is 12.8 Å². The lowest BCUT2D eigenvalue weighted by Gasteiger charge is -2.01. The summed E-state index contributed by atoms with van der Waals surface area (Å²) in [6, 6.07) is 0. The Bertz CT molecular complexity index is 155. The van der Waals surface area contributed by atoms with Crippen LogP contribution >= 0.6 is 0 Å². The van der Waals surface area contributed by atoms with Gasteiger partial charge in [-0.25, -0.2) is 0 Å². The van der Waals surface area contributed by atoms with E-state index in [0.717, 1.165) is 12.8 Å². The summed E-state index contributed by atoms with van der Waals surface area (Å²) in [5.74, 6) is -0.197. The lowest BCUT2D eigenvalue weighted by atomic mass is 10.1. The van der Waals surface area contributed by atoms with Crippen molar-refractivity contribution in [1.29, 1.82) is 0 Å². The summed E-state index contributed by atoms with van der Waals surface area (Å²) in [4.78, 5) is 20.8. The van der Waals surface area contributed by atoms with E-state index in [9.17, 15) is 9.59 Å². The van der Waals surface area contributed by atoms with Gasteiger partial charge in [-0.3, -0.25) is 9.59 Å². The van der Waals surface area contributed by atoms with E-state index in [-0.39, 0.29) is 19.0 Å². The van der Waals surface area contributed by atoms with Gasteiger partial charge in [0.25, 0.3) is 0 Å². The van der Waals surface area contributed by atoms with E-state index in [0.29, 0.717) is 6.42 Å². The second-order valence-electron chi connectivity index (χ2n) is 3.28. The van der Waals surface area contributed by atoms with Crippen LogP contribution in [0.25, 0.3) is 0 Å². The summed E-state index contributed by atoms with van der Waals surface area (Å²) >= 11 is 0. The van der Waals surface area contributed by atoms with Gasteiger partial charge in [-0.1, -0.05) is 32.6 Å². The van der Waals surface area contributed by atoms with Crippen molar-refractivity contribution in [2.75, 3.05) is 6.61 Å². The standard InChI is InChI=1S/C11H19O3/c1-2-3-4-5-6-8-11(13)14-10-7-9-12/h2-8,10H2,1H3. The van der Waals surface area contributed by atoms with Gasteiger partial charge in [0.1, 0.15) is 0 Å². The Morgan fingerprint density at radius 1 is 1.21 bits per heavy atom. The first-order valence-corrected chi connectivity index (χ1v) is 5.32. The van der Waals surface area contributed by atoms with Crippen LogP contribution < -0.4 is 0 Å². The molecule has 0 rings (SSSR count). The Labute approximate surface area is 85.8 Å². The van der Waals surface area contributed by atoms with E-state index in [4.69, 9.17) is 4.74 Å². The molecule has 0 amide bonds. The molecular formula is C11H19O3. The highest BCUT2D eigenvalue weighted by Crippen LogP contribution is 2.05. The minimum absolute atomic E-state index is 0.178. The molecule has 0 unspecified atom stereocenters. The predicted molar refractivity (Wildman–Crippen MR) is 54.6 cm³/mol. The maximum atomic E-state index is 11.0. The van der Waals surface area contributed by atoms with Crippen LogP contribution in [0.15, 0.2) is 0 Å². The molecule has 0 spiro atoms. The fraction of sp³-hybridized carbons (Fsp3) is 0.818. The molecule has 0 saturated carbocycles. The molecule has 0 fully saturated rings. The van der Waals surface area contributed by atoms with Crippen LogP contribution in [0, 0.1) is 0 Å². The number of carbonyl (C=O) groups excluding carboxylic acids is 2. The average Bonchev–Trinajstić information content (AvgIpc) is 2.18. The van der Waals surface area contributed by atoms with Crippen LogP contribution in [-0.4, -0.2) is 18.9 Å². The first-order valence-electron chi connectivity index (χ1n) is 5.32. The summed E-state index contributed by atoms with van der Waals surface area (Å²) in [6.07, 6.45) is 7.94. The number of carbonyl (C=O) groups is 1. The van der Waals surface area contributed by atoms with Gasteiger partial charge in [-0.15, -0.1) is 0 Å². The first-order chi connectivity index (χ1) is 6.81. The zero-order valence-corrected chi connectivity index (χ0v) is 8.88. The summed E-state index contributed by atoms with van der Waals surface area (Å²) < 4.78 is 4.79. The van der Waals surface area contributed by atoms with Crippen molar-refractivity contribution in [3.63, 3.8) is 0 Å². The first kappa shape index (κ1) is 13.1. The molecule has 0 aliphatic carbocycles. The molecule has 0 aromatic rings. The zero-order chi connectivity index (χ0) is 10.6. The molecule has 3 nitrogen and oxygen atoms in total. The summed E-state index contributed by atoms with van der Waals surface area (Å²) in [5, 5.41) is 0. The molecule has 81 valence electrons. The van der Waals surface area contributed by atoms with Gasteiger partial charge in [0.2, 0.25) is 6.29 Å². The minimum atomic E-state index is -0.197. The SMILES string of the molecule is CCCCCCCC(=O)OCC[C]=O. The number of unbranched alkanes of at least 4 members (excludes halogenated alkanes) is 4. The van der Waals surface area contributed by atoms with Crippen LogP contribution in [0.5, 0.6) is 0 Å². The molecule has 0 saturated heterocycles. The molecule has 0 atom stereocenters. The largest absolute Gasteiger partial charge is 0.465 e. The Morgan fingerprint density at radius 2 is 1.93 bits per heavy atom. The fourth-order valence-electron chi connectivity index (χ4n) is 1.15. The number of esters is 1. The van der Waals surface area contributed by atoms with Gasteiger partial charge in [-0.2, -0.15) is 0 Å². The van der Waals surface area contributed by atoms with Crippen LogP contribution in [0.4, 0.5) is 0 Å². The second-order valence-corrected chi connectivity index (χ2v) is 3.28. The highest BCUT2D eigenvalue weighted by molar-refractivity contribution is 5.69. The lowest BCUT2D eigenvalue weighted by molar-refractivity contribution is -0.143. The summed E-state index contributed by atoms with van der Waals surface area (Å²) in [5.41, 5.74) is 0. The lowest BCUT2D eigenvalue weighted by Crippen LogP contribution is -2.05. The Morgan fingerprint density at radius 3 is 2.57 bits per heavy atom. The third-order valence-electron chi connectivity index (χ3n) is 1.95. The topological polar surface area (TPSA) is 43.4 Å². The molecule has 1 radical (unpaired) electrons. The number of ether oxygens (including phenoxy) is 1. The Balaban J connectivity index is 3.14. The highest BCUT2D eigenvalue weighted by atomic mass is 16.5. The van der Waals surface area contributed by atoms with E-state index >= 15 is 0 Å². The number of hydrogen-bond donors (Lipinski definition) is 0. The van der Waals surface area contributed by atoms with Gasteiger partial charge >= 0.3 is 5.97 Å². The fourth-order valence-corrected chi connectivity index (χ4v) is 1.15. The molecule has 3 heteroatoms. The second kappa shape index (κ2) is 10.2. The molecule has 0 N–H and O–H groups in total. The van der Waals surface area contributed by atoms with Crippen molar-refractivity contribution in [2.24, 2.45) is 0 Å². The predicted octanol–water partition coefficient (Wildman–Crippen LogP) is 2.39. The van der Waals surface area contributed by atoms with Gasteiger partial charge in [0.05, 0.1) is 6.61 Å². The van der Waals surface area contributed by atoms with Crippen LogP contribution in [-0.2, 0) is 14.3 Å². The monoisotopic (exact) mass is 199 g/mol. The smallest absolute Gasteiger partial charge is 0.305 e. The molecule has 0 aromatic carbocycles. The van der Waals surface area contributed by atoms with Crippen molar-refractivity contribution < 1.29 is 14.3 Å². The number of rotatable bonds is 9. The van der Waals surface area contributed by atoms with E-state index in [1.165, 1.54) is 19.3 Å². The molecule has 0 aliphatic rings. The van der Waals surface area contributed by atoms with Crippen molar-refractivity contribution in [2.45, 2.75) is 51.9 Å². The average molecular weight is 199 g/mol. The molecular weight excluding hydrogens is 180 g/mol. The molecule has 0 heterocycles. The summed E-state index contributed by atoms with van der Waals surface area (Å²) in [6.45, 7) is 2.33. The quantitative estimate of drug-likeness (QED) is 0.423. The molecule has 0 aliphatic heterocycles. The Hall–Kier alpha value is -0.860. The van der Waals surface area contributed by atoms with E-state index in [2.05, 4.69) is 6.92 Å². The van der Waals surface area contributed by atoms with Crippen LogP contribution in [0.1, 0.15) is 51.9 Å². The third kappa shape index (κ3) is 9.23. The van der Waals surface area contributed by atoms with Crippen molar-refractivity contribution in [3.8, 4) is 0 Å². The molecule has 0 bridgehead atoms. The molecule has 0 aromatic heterocycles. The van der Waals surface area contributed by atoms with E-state index < -0.39 is 0 Å². The maximum absolute atomic E-state index is 11.0. The van der Waals surface area contributed by atoms with Crippen LogP contribution in [0.2, 0.25) is 0 Å². The normalized spacial score (nSPS) is 9.79. The zero-order valence-electron chi connectivity index (χ0n) is 8.88.